The highest BCUT2D eigenvalue weighted by molar-refractivity contribution is 6.39. The molecular formula is C18H14Cl2N4O2. The molecule has 0 spiro atoms. The summed E-state index contributed by atoms with van der Waals surface area (Å²) < 4.78 is 0. The van der Waals surface area contributed by atoms with Gasteiger partial charge >= 0.3 is 0 Å². The lowest BCUT2D eigenvalue weighted by Crippen LogP contribution is -2.41. The van der Waals surface area contributed by atoms with E-state index in [1.54, 1.807) is 17.0 Å². The van der Waals surface area contributed by atoms with Crippen LogP contribution in [0.3, 0.4) is 0 Å². The number of nitrogens with one attached hydrogen (secondary N) is 1. The molecule has 1 saturated heterocycles. The number of halogens is 2. The lowest BCUT2D eigenvalue weighted by Gasteiger charge is -2.17. The monoisotopic (exact) mass is 388 g/mol. The standard InChI is InChI=1S/C18H14Cl2N4O2/c19-13-8-22-9-14(20)16(13)17(25)23-15-5-6-24(18(15)26)10-12-3-1-11(7-21)2-4-12/h1-4,8-9,15H,5-6,10H2,(H,23,25)/t15-/m1/s1. The molecule has 0 saturated carbocycles. The summed E-state index contributed by atoms with van der Waals surface area (Å²) in [5.41, 5.74) is 1.60. The topological polar surface area (TPSA) is 86.1 Å². The van der Waals surface area contributed by atoms with Crippen molar-refractivity contribution in [1.29, 1.82) is 5.26 Å². The molecule has 1 fully saturated rings. The molecule has 3 rings (SSSR count). The minimum atomic E-state index is -0.624. The van der Waals surface area contributed by atoms with Gasteiger partial charge in [-0.1, -0.05) is 35.3 Å². The fourth-order valence-corrected chi connectivity index (χ4v) is 3.33. The van der Waals surface area contributed by atoms with E-state index in [0.29, 0.717) is 25.1 Å². The van der Waals surface area contributed by atoms with Crippen molar-refractivity contribution in [3.05, 3.63) is 63.4 Å². The van der Waals surface area contributed by atoms with Gasteiger partial charge in [-0.05, 0) is 24.1 Å². The molecular weight excluding hydrogens is 375 g/mol. The highest BCUT2D eigenvalue weighted by atomic mass is 35.5. The average molecular weight is 389 g/mol. The van der Waals surface area contributed by atoms with Crippen LogP contribution in [0.4, 0.5) is 0 Å². The number of nitrogens with zero attached hydrogens (tertiary/aromatic N) is 3. The Morgan fingerprint density at radius 1 is 1.27 bits per heavy atom. The molecule has 0 unspecified atom stereocenters. The molecule has 1 aliphatic heterocycles. The van der Waals surface area contributed by atoms with Crippen molar-refractivity contribution in [1.82, 2.24) is 15.2 Å². The molecule has 26 heavy (non-hydrogen) atoms. The Balaban J connectivity index is 1.65. The van der Waals surface area contributed by atoms with Gasteiger partial charge in [0.25, 0.3) is 5.91 Å². The van der Waals surface area contributed by atoms with Gasteiger partial charge in [-0.15, -0.1) is 0 Å². The van der Waals surface area contributed by atoms with E-state index >= 15 is 0 Å². The Morgan fingerprint density at radius 3 is 2.54 bits per heavy atom. The van der Waals surface area contributed by atoms with Crippen LogP contribution in [0.5, 0.6) is 0 Å². The first-order chi connectivity index (χ1) is 12.5. The molecule has 1 aromatic carbocycles. The number of nitriles is 1. The van der Waals surface area contributed by atoms with Crippen LogP contribution >= 0.6 is 23.2 Å². The van der Waals surface area contributed by atoms with Gasteiger partial charge in [0.1, 0.15) is 6.04 Å². The number of benzene rings is 1. The molecule has 132 valence electrons. The molecule has 1 aliphatic rings. The van der Waals surface area contributed by atoms with Gasteiger partial charge in [0.2, 0.25) is 5.91 Å². The quantitative estimate of drug-likeness (QED) is 0.872. The van der Waals surface area contributed by atoms with Gasteiger partial charge in [0, 0.05) is 25.5 Å². The molecule has 1 atom stereocenters. The van der Waals surface area contributed by atoms with Crippen LogP contribution in [0, 0.1) is 11.3 Å². The number of rotatable bonds is 4. The largest absolute Gasteiger partial charge is 0.340 e. The van der Waals surface area contributed by atoms with Crippen LogP contribution in [0.15, 0.2) is 36.7 Å². The second-order valence-corrected chi connectivity index (χ2v) is 6.68. The van der Waals surface area contributed by atoms with Gasteiger partial charge in [0.15, 0.2) is 0 Å². The van der Waals surface area contributed by atoms with Gasteiger partial charge in [0.05, 0.1) is 27.2 Å². The van der Waals surface area contributed by atoms with E-state index in [1.165, 1.54) is 12.4 Å². The minimum Gasteiger partial charge on any atom is -0.340 e. The fourth-order valence-electron chi connectivity index (χ4n) is 2.79. The molecule has 1 N–H and O–H groups in total. The van der Waals surface area contributed by atoms with Gasteiger partial charge in [-0.2, -0.15) is 5.26 Å². The van der Waals surface area contributed by atoms with E-state index in [2.05, 4.69) is 16.4 Å². The maximum absolute atomic E-state index is 12.6. The fraction of sp³-hybridized carbons (Fsp3) is 0.222. The van der Waals surface area contributed by atoms with Crippen LogP contribution in [0.25, 0.3) is 0 Å². The van der Waals surface area contributed by atoms with Crippen molar-refractivity contribution in [3.63, 3.8) is 0 Å². The van der Waals surface area contributed by atoms with Crippen LogP contribution in [0.1, 0.15) is 27.9 Å². The summed E-state index contributed by atoms with van der Waals surface area (Å²) in [7, 11) is 0. The van der Waals surface area contributed by atoms with E-state index in [1.807, 2.05) is 12.1 Å². The van der Waals surface area contributed by atoms with Crippen LogP contribution in [-0.4, -0.2) is 34.3 Å². The normalized spacial score (nSPS) is 16.4. The Morgan fingerprint density at radius 2 is 1.92 bits per heavy atom. The van der Waals surface area contributed by atoms with Crippen LogP contribution in [0.2, 0.25) is 10.0 Å². The van der Waals surface area contributed by atoms with E-state index < -0.39 is 11.9 Å². The Bertz CT molecular complexity index is 873. The third-order valence-electron chi connectivity index (χ3n) is 4.14. The maximum Gasteiger partial charge on any atom is 0.255 e. The summed E-state index contributed by atoms with van der Waals surface area (Å²) in [5, 5.41) is 11.8. The molecule has 0 bridgehead atoms. The van der Waals surface area contributed by atoms with Crippen molar-refractivity contribution in [2.75, 3.05) is 6.54 Å². The summed E-state index contributed by atoms with van der Waals surface area (Å²) in [6.45, 7) is 0.954. The van der Waals surface area contributed by atoms with E-state index in [0.717, 1.165) is 5.56 Å². The summed E-state index contributed by atoms with van der Waals surface area (Å²) in [6, 6.07) is 8.48. The summed E-state index contributed by atoms with van der Waals surface area (Å²) in [4.78, 5) is 30.4. The average Bonchev–Trinajstić information content (AvgIpc) is 2.95. The Kier molecular flexibility index (Phi) is 5.40. The Labute approximate surface area is 160 Å². The van der Waals surface area contributed by atoms with E-state index in [9.17, 15) is 9.59 Å². The molecule has 8 heteroatoms. The number of carbonyl (C=O) groups is 2. The number of likely N-dealkylation sites (tertiary alicyclic amines) is 1. The van der Waals surface area contributed by atoms with Crippen molar-refractivity contribution >= 4 is 35.0 Å². The summed E-state index contributed by atoms with van der Waals surface area (Å²) in [5.74, 6) is -0.662. The van der Waals surface area contributed by atoms with Crippen LogP contribution < -0.4 is 5.32 Å². The minimum absolute atomic E-state index is 0.113. The molecule has 0 radical (unpaired) electrons. The zero-order chi connectivity index (χ0) is 18.7. The first-order valence-electron chi connectivity index (χ1n) is 7.87. The molecule has 2 aromatic rings. The predicted molar refractivity (Wildman–Crippen MR) is 96.7 cm³/mol. The first kappa shape index (κ1) is 18.2. The smallest absolute Gasteiger partial charge is 0.255 e. The van der Waals surface area contributed by atoms with Crippen molar-refractivity contribution < 1.29 is 9.59 Å². The van der Waals surface area contributed by atoms with E-state index in [-0.39, 0.29) is 21.5 Å². The molecule has 2 amide bonds. The lowest BCUT2D eigenvalue weighted by molar-refractivity contribution is -0.129. The third-order valence-corrected chi connectivity index (χ3v) is 4.71. The molecule has 0 aliphatic carbocycles. The molecule has 1 aromatic heterocycles. The highest BCUT2D eigenvalue weighted by Gasteiger charge is 2.33. The highest BCUT2D eigenvalue weighted by Crippen LogP contribution is 2.23. The van der Waals surface area contributed by atoms with E-state index in [4.69, 9.17) is 28.5 Å². The SMILES string of the molecule is N#Cc1ccc(CN2CC[C@@H](NC(=O)c3c(Cl)cncc3Cl)C2=O)cc1. The number of hydrogen-bond acceptors (Lipinski definition) is 4. The number of pyridine rings is 1. The van der Waals surface area contributed by atoms with Gasteiger partial charge in [-0.25, -0.2) is 0 Å². The second kappa shape index (κ2) is 7.73. The summed E-state index contributed by atoms with van der Waals surface area (Å²) in [6.07, 6.45) is 3.16. The van der Waals surface area contributed by atoms with Gasteiger partial charge in [-0.3, -0.25) is 14.6 Å². The maximum atomic E-state index is 12.6. The number of hydrogen-bond donors (Lipinski definition) is 1. The second-order valence-electron chi connectivity index (χ2n) is 5.86. The molecule has 6 nitrogen and oxygen atoms in total. The first-order valence-corrected chi connectivity index (χ1v) is 8.63. The number of aromatic nitrogens is 1. The third kappa shape index (κ3) is 3.79. The lowest BCUT2D eigenvalue weighted by atomic mass is 10.1. The predicted octanol–water partition coefficient (Wildman–Crippen LogP) is 2.79. The Hall–Kier alpha value is -2.62. The summed E-state index contributed by atoms with van der Waals surface area (Å²) >= 11 is 12.0. The molecule has 2 heterocycles. The van der Waals surface area contributed by atoms with Crippen LogP contribution in [-0.2, 0) is 11.3 Å². The zero-order valence-electron chi connectivity index (χ0n) is 13.6. The van der Waals surface area contributed by atoms with Crippen molar-refractivity contribution in [3.8, 4) is 6.07 Å². The van der Waals surface area contributed by atoms with Gasteiger partial charge < -0.3 is 10.2 Å². The zero-order valence-corrected chi connectivity index (χ0v) is 15.1. The van der Waals surface area contributed by atoms with Crippen molar-refractivity contribution in [2.24, 2.45) is 0 Å². The number of amides is 2. The van der Waals surface area contributed by atoms with Crippen molar-refractivity contribution in [2.45, 2.75) is 19.0 Å². The number of carbonyl (C=O) groups excluding carboxylic acids is 2.